The zero-order valence-corrected chi connectivity index (χ0v) is 21.9. The van der Waals surface area contributed by atoms with Gasteiger partial charge in [0.2, 0.25) is 0 Å². The summed E-state index contributed by atoms with van der Waals surface area (Å²) in [5, 5.41) is 13.4. The molecule has 0 aromatic carbocycles. The molecule has 2 aliphatic heterocycles. The first-order valence-corrected chi connectivity index (χ1v) is 14.0. The summed E-state index contributed by atoms with van der Waals surface area (Å²) < 4.78 is 36.3. The zero-order chi connectivity index (χ0) is 26.5. The van der Waals surface area contributed by atoms with Crippen LogP contribution in [-0.2, 0) is 29.0 Å². The molecule has 2 fully saturated rings. The van der Waals surface area contributed by atoms with Gasteiger partial charge in [0.05, 0.1) is 18.4 Å². The maximum absolute atomic E-state index is 15.2. The molecule has 2 atom stereocenters. The van der Waals surface area contributed by atoms with Gasteiger partial charge in [0.25, 0.3) is 5.92 Å². The molecule has 1 saturated carbocycles. The Balaban J connectivity index is 1.15. The molecule has 2 N–H and O–H groups in total. The second-order valence-electron chi connectivity index (χ2n) is 10.9. The fourth-order valence-electron chi connectivity index (χ4n) is 5.79. The SMILES string of the molecule is O=C(O)[C@@H](c1cccnc1COC1CCC1)N1CC[C@@H](C(F)(F)CCCCc2ccc3c(n2)NCCC3)C1. The number of alkyl halides is 2. The van der Waals surface area contributed by atoms with Crippen LogP contribution in [0.25, 0.3) is 0 Å². The van der Waals surface area contributed by atoms with Gasteiger partial charge in [-0.25, -0.2) is 13.8 Å². The highest BCUT2D eigenvalue weighted by Crippen LogP contribution is 2.40. The van der Waals surface area contributed by atoms with Crippen LogP contribution in [0.3, 0.4) is 0 Å². The number of pyridine rings is 2. The van der Waals surface area contributed by atoms with Crippen LogP contribution in [0.5, 0.6) is 0 Å². The highest BCUT2D eigenvalue weighted by Gasteiger charge is 2.45. The molecule has 0 radical (unpaired) electrons. The monoisotopic (exact) mass is 528 g/mol. The van der Waals surface area contributed by atoms with Gasteiger partial charge >= 0.3 is 5.97 Å². The number of hydrogen-bond acceptors (Lipinski definition) is 6. The molecule has 1 aliphatic carbocycles. The molecule has 206 valence electrons. The topological polar surface area (TPSA) is 87.6 Å². The summed E-state index contributed by atoms with van der Waals surface area (Å²) >= 11 is 0. The molecule has 9 heteroatoms. The Bertz CT molecular complexity index is 1110. The highest BCUT2D eigenvalue weighted by molar-refractivity contribution is 5.76. The average Bonchev–Trinajstić information content (AvgIpc) is 3.37. The van der Waals surface area contributed by atoms with Gasteiger partial charge in [-0.3, -0.25) is 14.7 Å². The standard InChI is InChI=1S/C29H38F2N4O3/c30-29(31,14-2-1-7-22-12-11-20-6-4-16-33-27(20)34-22)21-13-17-35(18-21)26(28(36)37)24-10-5-15-32-25(24)19-38-23-8-3-9-23/h5,10-12,15,21,23,26H,1-4,6-9,13-14,16-19H2,(H,33,34)(H,36,37)/t21-,26-/m1/s1. The lowest BCUT2D eigenvalue weighted by atomic mass is 9.95. The number of carbonyl (C=O) groups is 1. The van der Waals surface area contributed by atoms with E-state index >= 15 is 8.78 Å². The zero-order valence-electron chi connectivity index (χ0n) is 21.9. The number of aryl methyl sites for hydroxylation is 2. The van der Waals surface area contributed by atoms with Crippen molar-refractivity contribution in [2.75, 3.05) is 25.0 Å². The Labute approximate surface area is 223 Å². The minimum Gasteiger partial charge on any atom is -0.480 e. The van der Waals surface area contributed by atoms with Crippen molar-refractivity contribution >= 4 is 11.8 Å². The van der Waals surface area contributed by atoms with Gasteiger partial charge in [0, 0.05) is 42.9 Å². The predicted octanol–water partition coefficient (Wildman–Crippen LogP) is 5.40. The summed E-state index contributed by atoms with van der Waals surface area (Å²) in [6.45, 7) is 1.54. The third-order valence-corrected chi connectivity index (χ3v) is 8.29. The Hall–Kier alpha value is -2.65. The Morgan fingerprint density at radius 3 is 2.87 bits per heavy atom. The molecule has 1 saturated heterocycles. The lowest BCUT2D eigenvalue weighted by Crippen LogP contribution is -2.36. The molecular weight excluding hydrogens is 490 g/mol. The van der Waals surface area contributed by atoms with Crippen molar-refractivity contribution in [1.29, 1.82) is 0 Å². The number of rotatable bonds is 12. The first-order valence-electron chi connectivity index (χ1n) is 14.0. The summed E-state index contributed by atoms with van der Waals surface area (Å²) in [6, 6.07) is 6.54. The fourth-order valence-corrected chi connectivity index (χ4v) is 5.79. The first kappa shape index (κ1) is 26.9. The van der Waals surface area contributed by atoms with E-state index in [1.807, 2.05) is 6.07 Å². The molecule has 0 bridgehead atoms. The van der Waals surface area contributed by atoms with Crippen LogP contribution in [0.2, 0.25) is 0 Å². The lowest BCUT2D eigenvalue weighted by Gasteiger charge is -2.29. The van der Waals surface area contributed by atoms with E-state index in [4.69, 9.17) is 4.74 Å². The van der Waals surface area contributed by atoms with E-state index in [2.05, 4.69) is 21.4 Å². The van der Waals surface area contributed by atoms with Gasteiger partial charge in [-0.15, -0.1) is 0 Å². The summed E-state index contributed by atoms with van der Waals surface area (Å²) in [5.74, 6) is -3.81. The summed E-state index contributed by atoms with van der Waals surface area (Å²) in [6.07, 6.45) is 8.93. The number of aliphatic carboxylic acids is 1. The number of carboxylic acid groups (broad SMARTS) is 1. The Morgan fingerprint density at radius 2 is 2.08 bits per heavy atom. The summed E-state index contributed by atoms with van der Waals surface area (Å²) in [5.41, 5.74) is 3.27. The van der Waals surface area contributed by atoms with Crippen molar-refractivity contribution in [3.05, 3.63) is 53.0 Å². The molecule has 2 aromatic rings. The van der Waals surface area contributed by atoms with Crippen molar-refractivity contribution in [3.8, 4) is 0 Å². The van der Waals surface area contributed by atoms with Gasteiger partial charge in [0.15, 0.2) is 0 Å². The molecule has 0 amide bonds. The number of likely N-dealkylation sites (tertiary alicyclic amines) is 1. The summed E-state index contributed by atoms with van der Waals surface area (Å²) in [7, 11) is 0. The lowest BCUT2D eigenvalue weighted by molar-refractivity contribution is -0.143. The van der Waals surface area contributed by atoms with Crippen molar-refractivity contribution in [2.45, 2.75) is 88.9 Å². The van der Waals surface area contributed by atoms with E-state index in [9.17, 15) is 9.90 Å². The van der Waals surface area contributed by atoms with E-state index in [1.54, 1.807) is 23.2 Å². The molecule has 2 aromatic heterocycles. The van der Waals surface area contributed by atoms with Gasteiger partial charge in [-0.1, -0.05) is 12.1 Å². The highest BCUT2D eigenvalue weighted by atomic mass is 19.3. The Morgan fingerprint density at radius 1 is 1.21 bits per heavy atom. The third kappa shape index (κ3) is 6.31. The number of unbranched alkanes of at least 4 members (excludes halogenated alkanes) is 1. The fraction of sp³-hybridized carbons (Fsp3) is 0.621. The maximum Gasteiger partial charge on any atom is 0.325 e. The number of carboxylic acids is 1. The number of ether oxygens (including phenoxy) is 1. The van der Waals surface area contributed by atoms with E-state index in [0.29, 0.717) is 37.1 Å². The minimum atomic E-state index is -2.84. The number of hydrogen-bond donors (Lipinski definition) is 2. The minimum absolute atomic E-state index is 0.0554. The smallest absolute Gasteiger partial charge is 0.325 e. The third-order valence-electron chi connectivity index (χ3n) is 8.29. The number of halogens is 2. The first-order chi connectivity index (χ1) is 18.4. The van der Waals surface area contributed by atoms with E-state index in [-0.39, 0.29) is 32.1 Å². The van der Waals surface area contributed by atoms with Crippen molar-refractivity contribution in [3.63, 3.8) is 0 Å². The normalized spacial score (nSPS) is 20.9. The van der Waals surface area contributed by atoms with Crippen molar-refractivity contribution in [2.24, 2.45) is 5.92 Å². The molecular formula is C29H38F2N4O3. The largest absolute Gasteiger partial charge is 0.480 e. The van der Waals surface area contributed by atoms with Crippen LogP contribution in [0.4, 0.5) is 14.6 Å². The van der Waals surface area contributed by atoms with Crippen molar-refractivity contribution in [1.82, 2.24) is 14.9 Å². The number of fused-ring (bicyclic) bond motifs is 1. The molecule has 5 rings (SSSR count). The second kappa shape index (κ2) is 12.0. The van der Waals surface area contributed by atoms with Gasteiger partial charge in [-0.05, 0) is 82.0 Å². The molecule has 4 heterocycles. The molecule has 7 nitrogen and oxygen atoms in total. The van der Waals surface area contributed by atoms with Crippen LogP contribution in [0.15, 0.2) is 30.5 Å². The van der Waals surface area contributed by atoms with Crippen LogP contribution in [-0.4, -0.2) is 57.6 Å². The quantitative estimate of drug-likeness (QED) is 0.357. The van der Waals surface area contributed by atoms with Crippen LogP contribution in [0.1, 0.15) is 79.9 Å². The molecule has 3 aliphatic rings. The van der Waals surface area contributed by atoms with Gasteiger partial charge in [-0.2, -0.15) is 0 Å². The average molecular weight is 529 g/mol. The van der Waals surface area contributed by atoms with Crippen LogP contribution < -0.4 is 5.32 Å². The predicted molar refractivity (Wildman–Crippen MR) is 140 cm³/mol. The van der Waals surface area contributed by atoms with E-state index in [0.717, 1.165) is 50.2 Å². The summed E-state index contributed by atoms with van der Waals surface area (Å²) in [4.78, 5) is 23.0. The molecule has 0 unspecified atom stereocenters. The molecule has 38 heavy (non-hydrogen) atoms. The number of nitrogens with zero attached hydrogens (tertiary/aromatic N) is 3. The second-order valence-corrected chi connectivity index (χ2v) is 10.9. The van der Waals surface area contributed by atoms with Crippen LogP contribution >= 0.6 is 0 Å². The molecule has 0 spiro atoms. The number of anilines is 1. The van der Waals surface area contributed by atoms with Gasteiger partial charge < -0.3 is 15.2 Å². The van der Waals surface area contributed by atoms with Crippen LogP contribution in [0, 0.1) is 5.92 Å². The van der Waals surface area contributed by atoms with Gasteiger partial charge in [0.1, 0.15) is 11.9 Å². The number of nitrogens with one attached hydrogen (secondary N) is 1. The van der Waals surface area contributed by atoms with E-state index < -0.39 is 23.9 Å². The number of aromatic nitrogens is 2. The van der Waals surface area contributed by atoms with Crippen molar-refractivity contribution < 1.29 is 23.4 Å². The van der Waals surface area contributed by atoms with E-state index in [1.165, 1.54) is 5.56 Å². The Kier molecular flexibility index (Phi) is 8.53. The maximum atomic E-state index is 15.2.